The van der Waals surface area contributed by atoms with E-state index in [9.17, 15) is 14.4 Å². The first-order chi connectivity index (χ1) is 12.5. The zero-order valence-corrected chi connectivity index (χ0v) is 16.1. The van der Waals surface area contributed by atoms with Gasteiger partial charge in [0, 0.05) is 5.75 Å². The average molecular weight is 396 g/mol. The Hall–Kier alpha value is -1.94. The molecule has 0 unspecified atom stereocenters. The van der Waals surface area contributed by atoms with E-state index in [0.717, 1.165) is 24.2 Å². The molecule has 0 bridgehead atoms. The Labute approximate surface area is 159 Å². The van der Waals surface area contributed by atoms with E-state index in [4.69, 9.17) is 0 Å². The number of hydrogen-bond acceptors (Lipinski definition) is 7. The molecule has 1 saturated heterocycles. The SMILES string of the molecule is C=CCSc1nnc(NC(=O)CN2C(=O)N[C@@]3(CCCC[C@H]3C)C2=O)s1. The number of aromatic nitrogens is 2. The minimum atomic E-state index is -0.854. The molecule has 2 N–H and O–H groups in total. The molecule has 0 aromatic carbocycles. The van der Waals surface area contributed by atoms with Gasteiger partial charge in [-0.05, 0) is 18.8 Å². The number of urea groups is 1. The lowest BCUT2D eigenvalue weighted by Gasteiger charge is -2.36. The van der Waals surface area contributed by atoms with Crippen LogP contribution >= 0.6 is 23.1 Å². The van der Waals surface area contributed by atoms with Gasteiger partial charge in [0.15, 0.2) is 4.34 Å². The van der Waals surface area contributed by atoms with E-state index in [1.54, 1.807) is 6.08 Å². The molecular formula is C16H21N5O3S2. The molecule has 1 saturated carbocycles. The van der Waals surface area contributed by atoms with Crippen LogP contribution in [0, 0.1) is 5.92 Å². The van der Waals surface area contributed by atoms with Crippen LogP contribution in [0.3, 0.4) is 0 Å². The van der Waals surface area contributed by atoms with Crippen molar-refractivity contribution in [2.24, 2.45) is 5.92 Å². The minimum Gasteiger partial charge on any atom is -0.323 e. The molecule has 2 atom stereocenters. The fraction of sp³-hybridized carbons (Fsp3) is 0.562. The second-order valence-corrected chi connectivity index (χ2v) is 8.71. The third-order valence-corrected chi connectivity index (χ3v) is 6.75. The van der Waals surface area contributed by atoms with Crippen LogP contribution in [-0.2, 0) is 9.59 Å². The summed E-state index contributed by atoms with van der Waals surface area (Å²) in [6.45, 7) is 5.29. The summed E-state index contributed by atoms with van der Waals surface area (Å²) >= 11 is 2.70. The Kier molecular flexibility index (Phi) is 5.61. The number of imide groups is 1. The first kappa shape index (κ1) is 18.8. The monoisotopic (exact) mass is 395 g/mol. The van der Waals surface area contributed by atoms with Crippen molar-refractivity contribution in [3.8, 4) is 0 Å². The summed E-state index contributed by atoms with van der Waals surface area (Å²) in [5.74, 6) is -0.00572. The Morgan fingerprint density at radius 3 is 3.04 bits per heavy atom. The van der Waals surface area contributed by atoms with Gasteiger partial charge < -0.3 is 5.32 Å². The predicted molar refractivity (Wildman–Crippen MR) is 100 cm³/mol. The largest absolute Gasteiger partial charge is 0.325 e. The second kappa shape index (κ2) is 7.75. The van der Waals surface area contributed by atoms with Crippen LogP contribution in [-0.4, -0.2) is 50.8 Å². The van der Waals surface area contributed by atoms with Crippen molar-refractivity contribution >= 4 is 46.1 Å². The topological polar surface area (TPSA) is 104 Å². The zero-order valence-electron chi connectivity index (χ0n) is 14.5. The maximum Gasteiger partial charge on any atom is 0.325 e. The lowest BCUT2D eigenvalue weighted by Crippen LogP contribution is -2.54. The lowest BCUT2D eigenvalue weighted by atomic mass is 9.73. The van der Waals surface area contributed by atoms with Gasteiger partial charge in [-0.3, -0.25) is 19.8 Å². The summed E-state index contributed by atoms with van der Waals surface area (Å²) in [6.07, 6.45) is 5.21. The molecule has 1 aliphatic heterocycles. The molecular weight excluding hydrogens is 374 g/mol. The molecule has 140 valence electrons. The van der Waals surface area contributed by atoms with Crippen LogP contribution in [0.5, 0.6) is 0 Å². The van der Waals surface area contributed by atoms with Crippen molar-refractivity contribution in [3.63, 3.8) is 0 Å². The molecule has 10 heteroatoms. The standard InChI is InChI=1S/C16H21N5O3S2/c1-3-8-25-15-20-19-13(26-15)17-11(22)9-21-12(23)16(18-14(21)24)7-5-4-6-10(16)2/h3,10H,1,4-9H2,2H3,(H,18,24)(H,17,19,22)/t10-,16-/m1/s1. The number of anilines is 1. The van der Waals surface area contributed by atoms with Gasteiger partial charge in [-0.2, -0.15) is 0 Å². The van der Waals surface area contributed by atoms with E-state index in [-0.39, 0.29) is 18.4 Å². The van der Waals surface area contributed by atoms with Crippen molar-refractivity contribution in [1.82, 2.24) is 20.4 Å². The van der Waals surface area contributed by atoms with E-state index in [1.807, 2.05) is 6.92 Å². The highest BCUT2D eigenvalue weighted by atomic mass is 32.2. The maximum absolute atomic E-state index is 12.8. The van der Waals surface area contributed by atoms with E-state index in [1.165, 1.54) is 23.1 Å². The fourth-order valence-corrected chi connectivity index (χ4v) is 4.92. The molecule has 0 radical (unpaired) electrons. The van der Waals surface area contributed by atoms with Gasteiger partial charge in [-0.1, -0.05) is 48.9 Å². The van der Waals surface area contributed by atoms with Crippen molar-refractivity contribution in [2.75, 3.05) is 17.6 Å². The summed E-state index contributed by atoms with van der Waals surface area (Å²) in [4.78, 5) is 38.4. The van der Waals surface area contributed by atoms with Crippen LogP contribution in [0.2, 0.25) is 0 Å². The van der Waals surface area contributed by atoms with E-state index in [2.05, 4.69) is 27.4 Å². The molecule has 4 amide bonds. The minimum absolute atomic E-state index is 0.0633. The third-order valence-electron chi connectivity index (χ3n) is 4.78. The van der Waals surface area contributed by atoms with Gasteiger partial charge in [-0.15, -0.1) is 16.8 Å². The first-order valence-electron chi connectivity index (χ1n) is 8.47. The van der Waals surface area contributed by atoms with Crippen LogP contribution in [0.4, 0.5) is 9.93 Å². The first-order valence-corrected chi connectivity index (χ1v) is 10.3. The number of hydrogen-bond donors (Lipinski definition) is 2. The average Bonchev–Trinajstić information content (AvgIpc) is 3.14. The van der Waals surface area contributed by atoms with Crippen molar-refractivity contribution in [2.45, 2.75) is 42.5 Å². The highest BCUT2D eigenvalue weighted by Gasteiger charge is 2.55. The second-order valence-electron chi connectivity index (χ2n) is 6.46. The third kappa shape index (κ3) is 3.61. The highest BCUT2D eigenvalue weighted by Crippen LogP contribution is 2.38. The number of carbonyl (C=O) groups is 3. The number of nitrogens with one attached hydrogen (secondary N) is 2. The van der Waals surface area contributed by atoms with Crippen molar-refractivity contribution in [1.29, 1.82) is 0 Å². The highest BCUT2D eigenvalue weighted by molar-refractivity contribution is 8.01. The molecule has 8 nitrogen and oxygen atoms in total. The van der Waals surface area contributed by atoms with E-state index in [0.29, 0.717) is 21.6 Å². The summed E-state index contributed by atoms with van der Waals surface area (Å²) in [5, 5.41) is 13.6. The van der Waals surface area contributed by atoms with Gasteiger partial charge in [0.05, 0.1) is 0 Å². The molecule has 1 spiro atoms. The molecule has 2 aliphatic rings. The maximum atomic E-state index is 12.8. The molecule has 1 aliphatic carbocycles. The number of rotatable bonds is 6. The summed E-state index contributed by atoms with van der Waals surface area (Å²) in [7, 11) is 0. The molecule has 1 aromatic rings. The van der Waals surface area contributed by atoms with Crippen LogP contribution in [0.25, 0.3) is 0 Å². The fourth-order valence-electron chi connectivity index (χ4n) is 3.39. The van der Waals surface area contributed by atoms with Gasteiger partial charge >= 0.3 is 6.03 Å². The van der Waals surface area contributed by atoms with Gasteiger partial charge in [0.25, 0.3) is 5.91 Å². The Morgan fingerprint density at radius 1 is 1.50 bits per heavy atom. The van der Waals surface area contributed by atoms with Gasteiger partial charge in [0.1, 0.15) is 12.1 Å². The lowest BCUT2D eigenvalue weighted by molar-refractivity contribution is -0.136. The quantitative estimate of drug-likeness (QED) is 0.331. The molecule has 2 heterocycles. The smallest absolute Gasteiger partial charge is 0.323 e. The number of thioether (sulfide) groups is 1. The van der Waals surface area contributed by atoms with Crippen LogP contribution in [0.15, 0.2) is 17.0 Å². The van der Waals surface area contributed by atoms with Crippen LogP contribution < -0.4 is 10.6 Å². The van der Waals surface area contributed by atoms with Crippen LogP contribution in [0.1, 0.15) is 32.6 Å². The molecule has 26 heavy (non-hydrogen) atoms. The molecule has 2 fully saturated rings. The summed E-state index contributed by atoms with van der Waals surface area (Å²) in [6, 6.07) is -0.501. The van der Waals surface area contributed by atoms with Gasteiger partial charge in [0.2, 0.25) is 11.0 Å². The Balaban J connectivity index is 1.62. The number of nitrogens with zero attached hydrogens (tertiary/aromatic N) is 3. The summed E-state index contributed by atoms with van der Waals surface area (Å²) in [5.41, 5.74) is -0.854. The van der Waals surface area contributed by atoms with E-state index >= 15 is 0 Å². The number of amides is 4. The van der Waals surface area contributed by atoms with E-state index < -0.39 is 17.5 Å². The number of carbonyl (C=O) groups excluding carboxylic acids is 3. The predicted octanol–water partition coefficient (Wildman–Crippen LogP) is 2.26. The molecule has 3 rings (SSSR count). The molecule has 1 aromatic heterocycles. The van der Waals surface area contributed by atoms with Crippen molar-refractivity contribution in [3.05, 3.63) is 12.7 Å². The normalized spacial score (nSPS) is 25.4. The Bertz CT molecular complexity index is 737. The van der Waals surface area contributed by atoms with Crippen molar-refractivity contribution < 1.29 is 14.4 Å². The van der Waals surface area contributed by atoms with Gasteiger partial charge in [-0.25, -0.2) is 4.79 Å². The Morgan fingerprint density at radius 2 is 2.31 bits per heavy atom. The summed E-state index contributed by atoms with van der Waals surface area (Å²) < 4.78 is 0.713. The zero-order chi connectivity index (χ0) is 18.7.